The molecule has 111 heavy (non-hydrogen) atoms. The van der Waals surface area contributed by atoms with Crippen molar-refractivity contribution < 1.29 is 101 Å². The van der Waals surface area contributed by atoms with Crippen LogP contribution in [0.4, 0.5) is 0 Å². The Morgan fingerprint density at radius 3 is 1.77 bits per heavy atom. The monoisotopic (exact) mass is 1550 g/mol. The molecular formula is C77H115BN12O21. The molecule has 33 nitrogen and oxygen atoms in total. The first kappa shape index (κ1) is 88.1. The first-order valence-electron chi connectivity index (χ1n) is 39.0. The van der Waals surface area contributed by atoms with Crippen LogP contribution in [0.1, 0.15) is 127 Å². The highest BCUT2D eigenvalue weighted by Crippen LogP contribution is 2.65. The Kier molecular flexibility index (Phi) is 35.0. The molecule has 7 amide bonds. The fourth-order valence-corrected chi connectivity index (χ4v) is 15.3. The number of carbonyl (C=O) groups is 11. The molecule has 34 heteroatoms. The lowest BCUT2D eigenvalue weighted by Crippen LogP contribution is -2.63. The van der Waals surface area contributed by atoms with Crippen molar-refractivity contribution in [2.75, 3.05) is 158 Å². The van der Waals surface area contributed by atoms with Crippen LogP contribution in [0.5, 0.6) is 5.75 Å². The van der Waals surface area contributed by atoms with E-state index < -0.39 is 66.7 Å². The molecule has 7 atom stereocenters. The zero-order valence-electron chi connectivity index (χ0n) is 64.9. The Balaban J connectivity index is 0.711. The van der Waals surface area contributed by atoms with Gasteiger partial charge in [-0.25, -0.2) is 4.79 Å². The van der Waals surface area contributed by atoms with Crippen LogP contribution in [0, 0.1) is 23.2 Å². The molecule has 6 fully saturated rings. The van der Waals surface area contributed by atoms with E-state index in [-0.39, 0.29) is 211 Å². The number of fused-ring (bicyclic) bond motifs is 1. The van der Waals surface area contributed by atoms with Gasteiger partial charge in [0.2, 0.25) is 29.5 Å². The molecule has 4 heterocycles. The summed E-state index contributed by atoms with van der Waals surface area (Å²) in [6.07, 6.45) is 7.67. The highest BCUT2D eigenvalue weighted by atomic mass is 16.7. The number of rotatable bonds is 45. The van der Waals surface area contributed by atoms with Gasteiger partial charge in [-0.05, 0) is 130 Å². The second kappa shape index (κ2) is 44.1. The summed E-state index contributed by atoms with van der Waals surface area (Å²) >= 11 is 0. The summed E-state index contributed by atoms with van der Waals surface area (Å²) in [7, 11) is -0.505. The highest BCUT2D eigenvalue weighted by Gasteiger charge is 2.68. The summed E-state index contributed by atoms with van der Waals surface area (Å²) < 4.78 is 35.8. The van der Waals surface area contributed by atoms with Gasteiger partial charge in [0, 0.05) is 103 Å². The lowest BCUT2D eigenvalue weighted by molar-refractivity contribution is -0.185. The van der Waals surface area contributed by atoms with Crippen molar-refractivity contribution in [3.8, 4) is 5.75 Å². The molecule has 3 aliphatic carbocycles. The van der Waals surface area contributed by atoms with Crippen molar-refractivity contribution in [2.45, 2.75) is 148 Å². The molecule has 3 aliphatic heterocycles. The number of carboxylic acid groups (broad SMARTS) is 4. The predicted molar refractivity (Wildman–Crippen MR) is 407 cm³/mol. The summed E-state index contributed by atoms with van der Waals surface area (Å²) in [6.45, 7) is 13.3. The van der Waals surface area contributed by atoms with Crippen molar-refractivity contribution in [3.63, 3.8) is 0 Å². The quantitative estimate of drug-likeness (QED) is 0.0284. The van der Waals surface area contributed by atoms with E-state index in [4.69, 9.17) is 28.3 Å². The minimum absolute atomic E-state index is 0.00357. The predicted octanol–water partition coefficient (Wildman–Crippen LogP) is 1.70. The molecule has 6 aliphatic rings. The van der Waals surface area contributed by atoms with E-state index in [1.54, 1.807) is 48.8 Å². The van der Waals surface area contributed by atoms with Crippen LogP contribution in [0.2, 0.25) is 0 Å². The lowest BCUT2D eigenvalue weighted by Gasteiger charge is -2.63. The molecule has 1 aromatic heterocycles. The van der Waals surface area contributed by atoms with E-state index in [1.165, 1.54) is 11.8 Å². The van der Waals surface area contributed by atoms with Crippen LogP contribution in [-0.4, -0.2) is 309 Å². The Hall–Kier alpha value is -8.48. The molecular weight excluding hydrogens is 1440 g/mol. The van der Waals surface area contributed by atoms with Crippen LogP contribution in [0.15, 0.2) is 54.7 Å². The number of nitrogens with one attached hydrogen (secondary N) is 6. The van der Waals surface area contributed by atoms with Gasteiger partial charge < -0.3 is 85.5 Å². The van der Waals surface area contributed by atoms with Gasteiger partial charge in [0.05, 0.1) is 108 Å². The van der Waals surface area contributed by atoms with Gasteiger partial charge in [0.1, 0.15) is 17.8 Å². The first-order valence-corrected chi connectivity index (χ1v) is 39.0. The van der Waals surface area contributed by atoms with E-state index in [0.717, 1.165) is 37.7 Å². The van der Waals surface area contributed by atoms with Crippen LogP contribution < -0.4 is 36.6 Å². The molecule has 9 rings (SSSR count). The molecule has 0 radical (unpaired) electrons. The number of benzene rings is 2. The topological polar surface area (TPSA) is 425 Å². The van der Waals surface area contributed by atoms with Gasteiger partial charge in [-0.1, -0.05) is 52.0 Å². The third-order valence-corrected chi connectivity index (χ3v) is 21.4. The van der Waals surface area contributed by atoms with Gasteiger partial charge in [0.25, 0.3) is 11.8 Å². The number of ether oxygens (including phenoxy) is 4. The summed E-state index contributed by atoms with van der Waals surface area (Å²) in [5.74, 6) is -5.72. The average molecular weight is 1560 g/mol. The minimum Gasteiger partial charge on any atom is -0.484 e. The first-order chi connectivity index (χ1) is 53.1. The number of likely N-dealkylation sites (tertiary alicyclic amines) is 1. The van der Waals surface area contributed by atoms with Gasteiger partial charge in [-0.3, -0.25) is 72.5 Å². The van der Waals surface area contributed by atoms with Gasteiger partial charge in [-0.2, -0.15) is 0 Å². The van der Waals surface area contributed by atoms with E-state index in [1.807, 2.05) is 24.3 Å². The third-order valence-electron chi connectivity index (χ3n) is 21.4. The number of hydrogen-bond acceptors (Lipinski definition) is 22. The van der Waals surface area contributed by atoms with Crippen molar-refractivity contribution in [3.05, 3.63) is 71.4 Å². The van der Waals surface area contributed by atoms with Gasteiger partial charge in [-0.15, -0.1) is 0 Å². The molecule has 3 aromatic rings. The summed E-state index contributed by atoms with van der Waals surface area (Å²) in [5, 5.41) is 56.0. The Morgan fingerprint density at radius 1 is 0.613 bits per heavy atom. The number of amides is 7. The largest absolute Gasteiger partial charge is 0.484 e. The van der Waals surface area contributed by atoms with E-state index in [9.17, 15) is 73.2 Å². The van der Waals surface area contributed by atoms with Crippen LogP contribution in [0.3, 0.4) is 0 Å². The SMILES string of the molecule is CC(C)Cc1ccc(CC(=O)NCCCCC(NC(=O)C(CCCCNC(=O)CN2CCN(CC(=O)O)CCN(CC(=O)O)CCN(CC(=O)O)CC2)NC(=O)CCOCCOCCOCCNC(=O)COc2ccc3c(C(=O)NCC(=O)N4CCC[C@H]4B4O[C@@H]5[C@@H]6C[C@H](C[C@]5(C)O4)C6(C)C)ccnc3c2)C(=O)O)cc1. The second-order valence-electron chi connectivity index (χ2n) is 30.8. The molecule has 3 saturated heterocycles. The van der Waals surface area contributed by atoms with E-state index >= 15 is 0 Å². The van der Waals surface area contributed by atoms with Crippen molar-refractivity contribution >= 4 is 83.2 Å². The number of aromatic nitrogens is 1. The Bertz CT molecular complexity index is 3580. The molecule has 10 N–H and O–H groups in total. The molecule has 0 spiro atoms. The number of carbonyl (C=O) groups excluding carboxylic acids is 7. The highest BCUT2D eigenvalue weighted by molar-refractivity contribution is 6.48. The van der Waals surface area contributed by atoms with Crippen LogP contribution >= 0.6 is 0 Å². The maximum absolute atomic E-state index is 13.9. The van der Waals surface area contributed by atoms with E-state index in [0.29, 0.717) is 78.7 Å². The standard InChI is InChI=1S/C77H115BN12O21/c1-52(2)41-53-14-16-54(17-15-53)42-65(92)80-22-9-7-12-61(75(104)105)85-74(103)60(11-6-8-23-81-66(93)47-86-27-29-87(48-69(96)97)31-33-89(50-71(100)101)34-32-88(30-28-86)49-70(98)99)84-64(91)21-35-106-37-39-108-40-38-107-36-25-82-67(94)51-109-56-18-19-57-58(20-24-79-62(57)44-56)73(102)83-46-68(95)90-26-10-13-63(90)78-110-72-59-43-55(76(59,3)4)45-77(72,5)111-78/h14-20,24,44,52,55,59-61,63,72H,6-13,21-23,25-43,45-51H2,1-5H3,(H,80,92)(H,81,93)(H,82,94)(H,83,102)(H,84,91)(H,85,103)(H,96,97)(H,98,99)(H,100,101)(H,104,105)/t55-,59+,60?,61?,63+,72-,77+/m1/s1. The normalized spacial score (nSPS) is 20.8. The lowest BCUT2D eigenvalue weighted by atomic mass is 9.45. The number of aliphatic carboxylic acids is 4. The number of unbranched alkanes of at least 4 members (excludes halogenated alkanes) is 2. The Morgan fingerprint density at radius 2 is 1.18 bits per heavy atom. The summed E-state index contributed by atoms with van der Waals surface area (Å²) in [6, 6.07) is 11.9. The zero-order chi connectivity index (χ0) is 80.0. The fraction of sp³-hybridized carbons (Fsp3) is 0.662. The smallest absolute Gasteiger partial charge is 0.481 e. The zero-order valence-corrected chi connectivity index (χ0v) is 64.9. The second-order valence-corrected chi connectivity index (χ2v) is 30.8. The number of hydrogen-bond donors (Lipinski definition) is 10. The van der Waals surface area contributed by atoms with Gasteiger partial charge in [0.15, 0.2) is 6.61 Å². The number of carboxylic acids is 4. The molecule has 612 valence electrons. The minimum atomic E-state index is -1.31. The van der Waals surface area contributed by atoms with Crippen molar-refractivity contribution in [2.24, 2.45) is 23.2 Å². The number of pyridine rings is 1. The maximum Gasteiger partial charge on any atom is 0.481 e. The summed E-state index contributed by atoms with van der Waals surface area (Å²) in [4.78, 5) is 154. The molecule has 2 aromatic carbocycles. The Labute approximate surface area is 649 Å². The van der Waals surface area contributed by atoms with Crippen LogP contribution in [0.25, 0.3) is 10.9 Å². The average Bonchev–Trinajstić information content (AvgIpc) is 1.62. The fourth-order valence-electron chi connectivity index (χ4n) is 15.3. The molecule has 2 bridgehead atoms. The number of nitrogens with zero attached hydrogens (tertiary/aromatic N) is 6. The third kappa shape index (κ3) is 28.6. The maximum atomic E-state index is 13.9. The van der Waals surface area contributed by atoms with Crippen LogP contribution in [-0.2, 0) is 84.3 Å². The van der Waals surface area contributed by atoms with Gasteiger partial charge >= 0.3 is 31.0 Å². The van der Waals surface area contributed by atoms with Crippen molar-refractivity contribution in [1.29, 1.82) is 0 Å². The van der Waals surface area contributed by atoms with E-state index in [2.05, 4.69) is 71.5 Å². The van der Waals surface area contributed by atoms with Crippen molar-refractivity contribution in [1.82, 2.24) is 61.4 Å². The molecule has 2 unspecified atom stereocenters. The molecule has 3 saturated carbocycles. The summed E-state index contributed by atoms with van der Waals surface area (Å²) in [5.41, 5.74) is 2.69.